The molecule has 0 heterocycles. The predicted molar refractivity (Wildman–Crippen MR) is 90.5 cm³/mol. The molecule has 0 amide bonds. The topological polar surface area (TPSA) is 70.5 Å². The smallest absolute Gasteiger partial charge is 0.0652 e. The normalized spacial score (nSPS) is 17.4. The Morgan fingerprint density at radius 1 is 0.714 bits per heavy atom. The molecule has 0 aliphatic heterocycles. The molecule has 0 aliphatic carbocycles. The van der Waals surface area contributed by atoms with Crippen LogP contribution in [0.1, 0.15) is 72.6 Å². The molecule has 0 spiro atoms. The Kier molecular flexibility index (Phi) is 11.3. The van der Waals surface area contributed by atoms with E-state index in [4.69, 9.17) is 20.9 Å². The summed E-state index contributed by atoms with van der Waals surface area (Å²) in [5.74, 6) is 0. The van der Waals surface area contributed by atoms with Gasteiger partial charge in [0.25, 0.3) is 0 Å². The molecular weight excluding hydrogens is 264 g/mol. The Morgan fingerprint density at radius 2 is 1.14 bits per heavy atom. The summed E-state index contributed by atoms with van der Waals surface area (Å²) in [6.07, 6.45) is 7.12. The number of rotatable bonds is 14. The summed E-state index contributed by atoms with van der Waals surface area (Å²) in [5, 5.41) is 0. The molecule has 0 fully saturated rings. The van der Waals surface area contributed by atoms with E-state index in [9.17, 15) is 0 Å². The molecule has 0 aliphatic rings. The second-order valence-corrected chi connectivity index (χ2v) is 6.44. The van der Waals surface area contributed by atoms with Crippen LogP contribution in [-0.2, 0) is 9.47 Å². The summed E-state index contributed by atoms with van der Waals surface area (Å²) in [6.45, 7) is 11.7. The largest absolute Gasteiger partial charge is 0.375 e. The van der Waals surface area contributed by atoms with Crippen LogP contribution in [0.2, 0.25) is 0 Å². The van der Waals surface area contributed by atoms with Crippen LogP contribution in [0.4, 0.5) is 0 Å². The molecule has 0 bridgehead atoms. The second-order valence-electron chi connectivity index (χ2n) is 6.44. The molecule has 0 aromatic carbocycles. The Morgan fingerprint density at radius 3 is 1.57 bits per heavy atom. The van der Waals surface area contributed by atoms with Crippen molar-refractivity contribution in [3.05, 3.63) is 0 Å². The lowest BCUT2D eigenvalue weighted by Gasteiger charge is -2.31. The molecule has 128 valence electrons. The molecule has 0 aromatic rings. The monoisotopic (exact) mass is 302 g/mol. The molecular formula is C17H38N2O2. The summed E-state index contributed by atoms with van der Waals surface area (Å²) in [6, 6.07) is 0. The van der Waals surface area contributed by atoms with Gasteiger partial charge in [0.2, 0.25) is 0 Å². The number of ether oxygens (including phenoxy) is 2. The fourth-order valence-corrected chi connectivity index (χ4v) is 2.34. The van der Waals surface area contributed by atoms with Gasteiger partial charge in [0.05, 0.1) is 11.2 Å². The molecule has 2 unspecified atom stereocenters. The first kappa shape index (κ1) is 20.8. The van der Waals surface area contributed by atoms with Gasteiger partial charge in [0.1, 0.15) is 0 Å². The highest BCUT2D eigenvalue weighted by Gasteiger charge is 2.24. The zero-order valence-corrected chi connectivity index (χ0v) is 14.7. The van der Waals surface area contributed by atoms with Crippen molar-refractivity contribution in [2.45, 2.75) is 83.8 Å². The van der Waals surface area contributed by atoms with E-state index in [2.05, 4.69) is 27.7 Å². The van der Waals surface area contributed by atoms with Gasteiger partial charge in [0.15, 0.2) is 0 Å². The Balaban J connectivity index is 4.03. The van der Waals surface area contributed by atoms with E-state index in [1.807, 2.05) is 0 Å². The van der Waals surface area contributed by atoms with Crippen molar-refractivity contribution in [1.29, 1.82) is 0 Å². The predicted octanol–water partition coefficient (Wildman–Crippen LogP) is 3.22. The summed E-state index contributed by atoms with van der Waals surface area (Å²) >= 11 is 0. The molecule has 0 radical (unpaired) electrons. The molecule has 0 saturated heterocycles. The molecule has 0 rings (SSSR count). The lowest BCUT2D eigenvalue weighted by Crippen LogP contribution is -2.32. The fourth-order valence-electron chi connectivity index (χ4n) is 2.34. The Hall–Kier alpha value is -0.160. The van der Waals surface area contributed by atoms with Crippen LogP contribution in [0.25, 0.3) is 0 Å². The molecule has 4 heteroatoms. The number of nitrogens with two attached hydrogens (primary N) is 2. The van der Waals surface area contributed by atoms with Crippen LogP contribution >= 0.6 is 0 Å². The van der Waals surface area contributed by atoms with Crippen molar-refractivity contribution >= 4 is 0 Å². The zero-order valence-electron chi connectivity index (χ0n) is 14.7. The zero-order chi connectivity index (χ0) is 16.2. The van der Waals surface area contributed by atoms with E-state index < -0.39 is 0 Å². The fraction of sp³-hybridized carbons (Fsp3) is 1.00. The molecule has 4 nitrogen and oxygen atoms in total. The first-order valence-electron chi connectivity index (χ1n) is 8.63. The van der Waals surface area contributed by atoms with Gasteiger partial charge in [-0.05, 0) is 71.9 Å². The van der Waals surface area contributed by atoms with Gasteiger partial charge in [-0.2, -0.15) is 0 Å². The van der Waals surface area contributed by atoms with Gasteiger partial charge in [-0.25, -0.2) is 0 Å². The van der Waals surface area contributed by atoms with E-state index in [0.717, 1.165) is 64.7 Å². The summed E-state index contributed by atoms with van der Waals surface area (Å²) in [5.41, 5.74) is 11.0. The highest BCUT2D eigenvalue weighted by Crippen LogP contribution is 2.25. The van der Waals surface area contributed by atoms with E-state index in [1.165, 1.54) is 0 Å². The maximum Gasteiger partial charge on any atom is 0.0652 e. The van der Waals surface area contributed by atoms with Crippen LogP contribution in [0.15, 0.2) is 0 Å². The summed E-state index contributed by atoms with van der Waals surface area (Å²) < 4.78 is 12.1. The minimum Gasteiger partial charge on any atom is -0.375 e. The maximum absolute atomic E-state index is 6.12. The van der Waals surface area contributed by atoms with Crippen molar-refractivity contribution in [2.24, 2.45) is 11.5 Å². The average Bonchev–Trinajstić information content (AvgIpc) is 2.50. The van der Waals surface area contributed by atoms with E-state index in [-0.39, 0.29) is 11.2 Å². The van der Waals surface area contributed by atoms with Gasteiger partial charge in [-0.1, -0.05) is 13.8 Å². The standard InChI is InChI=1S/C17H38N2O2/c1-5-16(3,10-7-12-18)20-14-8-11-17(4,6-2)21-15-9-13-19/h5-15,18-19H2,1-4H3. The van der Waals surface area contributed by atoms with E-state index in [0.29, 0.717) is 6.54 Å². The minimum absolute atomic E-state index is 0.0254. The van der Waals surface area contributed by atoms with Gasteiger partial charge >= 0.3 is 0 Å². The van der Waals surface area contributed by atoms with Gasteiger partial charge in [-0.3, -0.25) is 0 Å². The van der Waals surface area contributed by atoms with Crippen molar-refractivity contribution < 1.29 is 9.47 Å². The summed E-state index contributed by atoms with van der Waals surface area (Å²) in [4.78, 5) is 0. The second kappa shape index (κ2) is 11.4. The van der Waals surface area contributed by atoms with Crippen LogP contribution in [-0.4, -0.2) is 37.5 Å². The van der Waals surface area contributed by atoms with Crippen LogP contribution < -0.4 is 11.5 Å². The number of hydrogen-bond donors (Lipinski definition) is 2. The van der Waals surface area contributed by atoms with Crippen LogP contribution in [0.5, 0.6) is 0 Å². The Bertz CT molecular complexity index is 251. The molecule has 2 atom stereocenters. The van der Waals surface area contributed by atoms with Crippen molar-refractivity contribution in [1.82, 2.24) is 0 Å². The lowest BCUT2D eigenvalue weighted by atomic mass is 9.95. The highest BCUT2D eigenvalue weighted by atomic mass is 16.5. The maximum atomic E-state index is 6.12. The average molecular weight is 303 g/mol. The number of hydrogen-bond acceptors (Lipinski definition) is 4. The van der Waals surface area contributed by atoms with Crippen molar-refractivity contribution in [3.8, 4) is 0 Å². The van der Waals surface area contributed by atoms with Gasteiger partial charge < -0.3 is 20.9 Å². The quantitative estimate of drug-likeness (QED) is 0.483. The molecule has 0 aromatic heterocycles. The third-order valence-corrected chi connectivity index (χ3v) is 4.50. The Labute approximate surface area is 131 Å². The minimum atomic E-state index is -0.0432. The van der Waals surface area contributed by atoms with Crippen LogP contribution in [0, 0.1) is 0 Å². The molecule has 4 N–H and O–H groups in total. The first-order chi connectivity index (χ1) is 9.95. The third kappa shape index (κ3) is 9.46. The van der Waals surface area contributed by atoms with Crippen molar-refractivity contribution in [3.63, 3.8) is 0 Å². The third-order valence-electron chi connectivity index (χ3n) is 4.50. The van der Waals surface area contributed by atoms with Gasteiger partial charge in [-0.15, -0.1) is 0 Å². The SMILES string of the molecule is CCC(C)(CCCN)OCCCC(C)(CC)OCCCN. The van der Waals surface area contributed by atoms with E-state index in [1.54, 1.807) is 0 Å². The van der Waals surface area contributed by atoms with Crippen LogP contribution in [0.3, 0.4) is 0 Å². The lowest BCUT2D eigenvalue weighted by molar-refractivity contribution is -0.0671. The molecule has 21 heavy (non-hydrogen) atoms. The summed E-state index contributed by atoms with van der Waals surface area (Å²) in [7, 11) is 0. The van der Waals surface area contributed by atoms with Crippen molar-refractivity contribution in [2.75, 3.05) is 26.3 Å². The highest BCUT2D eigenvalue weighted by molar-refractivity contribution is 4.76. The molecule has 0 saturated carbocycles. The first-order valence-corrected chi connectivity index (χ1v) is 8.63. The van der Waals surface area contributed by atoms with E-state index >= 15 is 0 Å². The van der Waals surface area contributed by atoms with Gasteiger partial charge in [0, 0.05) is 13.2 Å².